The van der Waals surface area contributed by atoms with E-state index >= 15 is 0 Å². The third-order valence-electron chi connectivity index (χ3n) is 4.99. The van der Waals surface area contributed by atoms with Crippen LogP contribution in [0.1, 0.15) is 46.3 Å². The number of aromatic nitrogens is 2. The number of H-pyrrole nitrogens is 1. The summed E-state index contributed by atoms with van der Waals surface area (Å²) in [5.74, 6) is -0.174. The standard InChI is InChI=1S/C19H23N3O3/c1-12-11-15(18(24)21-13(12)2)19(25)22-9-6-14(7-10-22)17(23)16-5-3-4-8-20-16/h3-5,8,11,14,17,23H,6-7,9-10H2,1-2H3,(H,21,24)/t17-/m0/s1. The van der Waals surface area contributed by atoms with Gasteiger partial charge in [-0.15, -0.1) is 0 Å². The summed E-state index contributed by atoms with van der Waals surface area (Å²) in [5.41, 5.74) is 2.18. The maximum atomic E-state index is 12.7. The molecule has 0 aromatic carbocycles. The lowest BCUT2D eigenvalue weighted by Gasteiger charge is -2.34. The molecular formula is C19H23N3O3. The Morgan fingerprint density at radius 2 is 2.04 bits per heavy atom. The Labute approximate surface area is 146 Å². The molecule has 0 saturated carbocycles. The predicted molar refractivity (Wildman–Crippen MR) is 94.4 cm³/mol. The summed E-state index contributed by atoms with van der Waals surface area (Å²) in [7, 11) is 0. The zero-order chi connectivity index (χ0) is 18.0. The average molecular weight is 341 g/mol. The number of carbonyl (C=O) groups excluding carboxylic acids is 1. The highest BCUT2D eigenvalue weighted by Gasteiger charge is 2.30. The number of aliphatic hydroxyl groups excluding tert-OH is 1. The number of aryl methyl sites for hydroxylation is 2. The van der Waals surface area contributed by atoms with E-state index in [4.69, 9.17) is 0 Å². The molecule has 0 bridgehead atoms. The number of piperidine rings is 1. The molecule has 2 aromatic rings. The third-order valence-corrected chi connectivity index (χ3v) is 4.99. The fourth-order valence-corrected chi connectivity index (χ4v) is 3.27. The fraction of sp³-hybridized carbons (Fsp3) is 0.421. The van der Waals surface area contributed by atoms with E-state index in [0.717, 1.165) is 11.3 Å². The number of rotatable bonds is 3. The number of nitrogens with one attached hydrogen (secondary N) is 1. The van der Waals surface area contributed by atoms with Crippen LogP contribution in [0, 0.1) is 19.8 Å². The van der Waals surface area contributed by atoms with Gasteiger partial charge >= 0.3 is 0 Å². The molecule has 3 rings (SSSR count). The molecule has 3 heterocycles. The van der Waals surface area contributed by atoms with Crippen molar-refractivity contribution < 1.29 is 9.90 Å². The van der Waals surface area contributed by atoms with Gasteiger partial charge in [0.15, 0.2) is 0 Å². The lowest BCUT2D eigenvalue weighted by atomic mass is 9.89. The van der Waals surface area contributed by atoms with Crippen molar-refractivity contribution in [2.24, 2.45) is 5.92 Å². The van der Waals surface area contributed by atoms with Gasteiger partial charge in [0.2, 0.25) is 0 Å². The second-order valence-corrected chi connectivity index (χ2v) is 6.65. The molecule has 0 aliphatic carbocycles. The van der Waals surface area contributed by atoms with Gasteiger partial charge in [-0.05, 0) is 56.4 Å². The molecule has 0 spiro atoms. The number of amides is 1. The highest BCUT2D eigenvalue weighted by molar-refractivity contribution is 5.94. The van der Waals surface area contributed by atoms with Crippen molar-refractivity contribution in [2.45, 2.75) is 32.8 Å². The Balaban J connectivity index is 1.67. The number of carbonyl (C=O) groups is 1. The molecule has 1 aliphatic heterocycles. The summed E-state index contributed by atoms with van der Waals surface area (Å²) in [6.07, 6.45) is 2.42. The zero-order valence-electron chi connectivity index (χ0n) is 14.5. The Morgan fingerprint density at radius 1 is 1.32 bits per heavy atom. The molecule has 6 nitrogen and oxygen atoms in total. The SMILES string of the molecule is Cc1cc(C(=O)N2CCC([C@H](O)c3ccccn3)CC2)c(=O)[nH]c1C. The van der Waals surface area contributed by atoms with Crippen LogP contribution in [0.15, 0.2) is 35.3 Å². The number of aromatic amines is 1. The lowest BCUT2D eigenvalue weighted by Crippen LogP contribution is -2.41. The number of pyridine rings is 2. The van der Waals surface area contributed by atoms with Gasteiger partial charge in [-0.2, -0.15) is 0 Å². The summed E-state index contributed by atoms with van der Waals surface area (Å²) in [6, 6.07) is 7.15. The highest BCUT2D eigenvalue weighted by atomic mass is 16.3. The minimum absolute atomic E-state index is 0.0667. The summed E-state index contributed by atoms with van der Waals surface area (Å²) in [4.78, 5) is 33.4. The molecule has 1 saturated heterocycles. The van der Waals surface area contributed by atoms with E-state index in [-0.39, 0.29) is 22.9 Å². The summed E-state index contributed by atoms with van der Waals surface area (Å²) < 4.78 is 0. The van der Waals surface area contributed by atoms with Crippen LogP contribution < -0.4 is 5.56 Å². The van der Waals surface area contributed by atoms with Gasteiger partial charge in [0.25, 0.3) is 11.5 Å². The Kier molecular flexibility index (Phi) is 4.99. The first-order chi connectivity index (χ1) is 12.0. The van der Waals surface area contributed by atoms with Gasteiger partial charge in [-0.25, -0.2) is 0 Å². The van der Waals surface area contributed by atoms with Gasteiger partial charge in [0.1, 0.15) is 5.56 Å². The average Bonchev–Trinajstić information content (AvgIpc) is 2.64. The van der Waals surface area contributed by atoms with Crippen LogP contribution in [-0.4, -0.2) is 39.0 Å². The zero-order valence-corrected chi connectivity index (χ0v) is 14.5. The van der Waals surface area contributed by atoms with E-state index in [1.165, 1.54) is 0 Å². The minimum Gasteiger partial charge on any atom is -0.387 e. The molecule has 1 aliphatic rings. The first-order valence-electron chi connectivity index (χ1n) is 8.56. The third kappa shape index (κ3) is 3.64. The van der Waals surface area contributed by atoms with Gasteiger partial charge in [-0.1, -0.05) is 6.07 Å². The first-order valence-corrected chi connectivity index (χ1v) is 8.56. The molecular weight excluding hydrogens is 318 g/mol. The van der Waals surface area contributed by atoms with Gasteiger partial charge in [0, 0.05) is 25.0 Å². The van der Waals surface area contributed by atoms with Crippen molar-refractivity contribution in [2.75, 3.05) is 13.1 Å². The second kappa shape index (κ2) is 7.19. The van der Waals surface area contributed by atoms with Crippen molar-refractivity contribution in [3.8, 4) is 0 Å². The topological polar surface area (TPSA) is 86.3 Å². The minimum atomic E-state index is -0.622. The molecule has 132 valence electrons. The lowest BCUT2D eigenvalue weighted by molar-refractivity contribution is 0.0446. The predicted octanol–water partition coefficient (Wildman–Crippen LogP) is 1.97. The molecule has 1 fully saturated rings. The van der Waals surface area contributed by atoms with Crippen molar-refractivity contribution in [1.82, 2.24) is 14.9 Å². The first kappa shape index (κ1) is 17.4. The van der Waals surface area contributed by atoms with Crippen LogP contribution >= 0.6 is 0 Å². The quantitative estimate of drug-likeness (QED) is 0.894. The molecule has 0 unspecified atom stereocenters. The number of likely N-dealkylation sites (tertiary alicyclic amines) is 1. The molecule has 2 aromatic heterocycles. The van der Waals surface area contributed by atoms with Crippen molar-refractivity contribution >= 4 is 5.91 Å². The Hall–Kier alpha value is -2.47. The van der Waals surface area contributed by atoms with Crippen molar-refractivity contribution in [3.05, 3.63) is 63.3 Å². The van der Waals surface area contributed by atoms with E-state index in [0.29, 0.717) is 31.6 Å². The van der Waals surface area contributed by atoms with Gasteiger partial charge in [0.05, 0.1) is 11.8 Å². The fourth-order valence-electron chi connectivity index (χ4n) is 3.27. The molecule has 1 amide bonds. The van der Waals surface area contributed by atoms with Crippen LogP contribution in [0.25, 0.3) is 0 Å². The number of aliphatic hydroxyl groups is 1. The van der Waals surface area contributed by atoms with Crippen LogP contribution in [0.5, 0.6) is 0 Å². The van der Waals surface area contributed by atoms with Crippen LogP contribution in [0.3, 0.4) is 0 Å². The van der Waals surface area contributed by atoms with Crippen molar-refractivity contribution in [3.63, 3.8) is 0 Å². The molecule has 6 heteroatoms. The Morgan fingerprint density at radius 3 is 2.68 bits per heavy atom. The van der Waals surface area contributed by atoms with Gasteiger partial charge in [-0.3, -0.25) is 14.6 Å². The van der Waals surface area contributed by atoms with Crippen LogP contribution in [0.2, 0.25) is 0 Å². The van der Waals surface area contributed by atoms with Crippen molar-refractivity contribution in [1.29, 1.82) is 0 Å². The molecule has 25 heavy (non-hydrogen) atoms. The van der Waals surface area contributed by atoms with E-state index in [9.17, 15) is 14.7 Å². The number of nitrogens with zero attached hydrogens (tertiary/aromatic N) is 2. The van der Waals surface area contributed by atoms with Gasteiger partial charge < -0.3 is 15.0 Å². The largest absolute Gasteiger partial charge is 0.387 e. The maximum absolute atomic E-state index is 12.7. The summed E-state index contributed by atoms with van der Waals surface area (Å²) >= 11 is 0. The molecule has 0 radical (unpaired) electrons. The normalized spacial score (nSPS) is 16.7. The van der Waals surface area contributed by atoms with E-state index in [2.05, 4.69) is 9.97 Å². The summed E-state index contributed by atoms with van der Waals surface area (Å²) in [5, 5.41) is 10.5. The second-order valence-electron chi connectivity index (χ2n) is 6.65. The van der Waals surface area contributed by atoms with E-state index in [1.54, 1.807) is 17.2 Å². The van der Waals surface area contributed by atoms with E-state index < -0.39 is 6.10 Å². The maximum Gasteiger partial charge on any atom is 0.261 e. The number of hydrogen-bond donors (Lipinski definition) is 2. The highest BCUT2D eigenvalue weighted by Crippen LogP contribution is 2.30. The Bertz CT molecular complexity index is 808. The van der Waals surface area contributed by atoms with Crippen LogP contribution in [0.4, 0.5) is 0 Å². The van der Waals surface area contributed by atoms with Crippen LogP contribution in [-0.2, 0) is 0 Å². The smallest absolute Gasteiger partial charge is 0.261 e. The van der Waals surface area contributed by atoms with E-state index in [1.807, 2.05) is 32.0 Å². The monoisotopic (exact) mass is 341 g/mol. The summed E-state index contributed by atoms with van der Waals surface area (Å²) in [6.45, 7) is 4.74. The molecule has 1 atom stereocenters. The molecule has 2 N–H and O–H groups in total. The number of hydrogen-bond acceptors (Lipinski definition) is 4.